The molecule has 1 saturated carbocycles. The van der Waals surface area contributed by atoms with Crippen molar-refractivity contribution >= 4 is 5.78 Å². The maximum Gasteiger partial charge on any atom is 0.133 e. The molecule has 3 aliphatic rings. The van der Waals surface area contributed by atoms with Gasteiger partial charge >= 0.3 is 0 Å². The van der Waals surface area contributed by atoms with Gasteiger partial charge in [-0.2, -0.15) is 0 Å². The summed E-state index contributed by atoms with van der Waals surface area (Å²) in [5.41, 5.74) is 1.43. The number of Topliss-reactive ketones (excluding diaryl/α,β-unsaturated/α-hetero) is 1. The Balaban J connectivity index is 1.98. The maximum atomic E-state index is 12.1. The van der Waals surface area contributed by atoms with Gasteiger partial charge in [0.15, 0.2) is 0 Å². The summed E-state index contributed by atoms with van der Waals surface area (Å²) in [4.78, 5) is 12.1. The standard InChI is InChI=1S/C16H19NO3/c18-9-1-2-11-12-7-10-13(19)3-4-14(20)15(10)16(11,8-9)5-6-17-12/h3-4,11-12,17,19-20H,1-2,5-8H2/t11-,12+,16-/m0/s1. The Labute approximate surface area is 117 Å². The van der Waals surface area contributed by atoms with Gasteiger partial charge in [0.2, 0.25) is 0 Å². The number of phenols is 2. The van der Waals surface area contributed by atoms with E-state index >= 15 is 0 Å². The van der Waals surface area contributed by atoms with Crippen LogP contribution in [-0.4, -0.2) is 28.6 Å². The number of fused-ring (bicyclic) bond motifs is 1. The van der Waals surface area contributed by atoms with Crippen molar-refractivity contribution in [3.8, 4) is 11.5 Å². The van der Waals surface area contributed by atoms with E-state index in [1.807, 2.05) is 0 Å². The van der Waals surface area contributed by atoms with Gasteiger partial charge in [0.25, 0.3) is 0 Å². The second-order valence-electron chi connectivity index (χ2n) is 6.49. The van der Waals surface area contributed by atoms with Gasteiger partial charge in [-0.05, 0) is 43.9 Å². The van der Waals surface area contributed by atoms with Crippen molar-refractivity contribution in [3.63, 3.8) is 0 Å². The van der Waals surface area contributed by atoms with Crippen molar-refractivity contribution in [1.29, 1.82) is 0 Å². The number of piperidine rings is 1. The van der Waals surface area contributed by atoms with Crippen molar-refractivity contribution < 1.29 is 15.0 Å². The molecule has 106 valence electrons. The third-order valence-corrected chi connectivity index (χ3v) is 5.61. The van der Waals surface area contributed by atoms with E-state index < -0.39 is 0 Å². The summed E-state index contributed by atoms with van der Waals surface area (Å²) in [6, 6.07) is 3.45. The highest BCUT2D eigenvalue weighted by Crippen LogP contribution is 2.56. The molecule has 20 heavy (non-hydrogen) atoms. The van der Waals surface area contributed by atoms with Gasteiger partial charge in [0.1, 0.15) is 17.3 Å². The van der Waals surface area contributed by atoms with Gasteiger partial charge in [0.05, 0.1) is 0 Å². The Kier molecular flexibility index (Phi) is 2.43. The molecule has 0 radical (unpaired) electrons. The second kappa shape index (κ2) is 3.98. The fourth-order valence-corrected chi connectivity index (χ4v) is 4.87. The molecule has 1 aliphatic heterocycles. The Hall–Kier alpha value is -1.55. The smallest absolute Gasteiger partial charge is 0.133 e. The molecule has 2 aliphatic carbocycles. The van der Waals surface area contributed by atoms with Crippen LogP contribution in [0.2, 0.25) is 0 Å². The molecule has 3 atom stereocenters. The molecule has 1 aromatic carbocycles. The summed E-state index contributed by atoms with van der Waals surface area (Å²) in [6.45, 7) is 0.878. The summed E-state index contributed by atoms with van der Waals surface area (Å²) >= 11 is 0. The van der Waals surface area contributed by atoms with Gasteiger partial charge in [0, 0.05) is 35.4 Å². The monoisotopic (exact) mass is 273 g/mol. The molecule has 2 fully saturated rings. The van der Waals surface area contributed by atoms with Gasteiger partial charge in [-0.25, -0.2) is 0 Å². The fourth-order valence-electron chi connectivity index (χ4n) is 4.87. The number of nitrogens with one attached hydrogen (secondary N) is 1. The van der Waals surface area contributed by atoms with Crippen molar-refractivity contribution in [1.82, 2.24) is 5.32 Å². The summed E-state index contributed by atoms with van der Waals surface area (Å²) < 4.78 is 0. The van der Waals surface area contributed by atoms with Crippen LogP contribution in [0.4, 0.5) is 0 Å². The number of benzene rings is 1. The number of rotatable bonds is 0. The van der Waals surface area contributed by atoms with Crippen LogP contribution in [0.15, 0.2) is 12.1 Å². The third kappa shape index (κ3) is 1.43. The van der Waals surface area contributed by atoms with Crippen LogP contribution in [0.3, 0.4) is 0 Å². The first-order valence-electron chi connectivity index (χ1n) is 7.41. The zero-order valence-electron chi connectivity index (χ0n) is 11.4. The summed E-state index contributed by atoms with van der Waals surface area (Å²) in [6.07, 6.45) is 3.67. The van der Waals surface area contributed by atoms with Crippen molar-refractivity contribution in [2.75, 3.05) is 6.54 Å². The zero-order chi connectivity index (χ0) is 13.9. The highest BCUT2D eigenvalue weighted by atomic mass is 16.3. The molecule has 3 N–H and O–H groups in total. The van der Waals surface area contributed by atoms with Gasteiger partial charge in [-0.3, -0.25) is 4.79 Å². The number of aromatic hydroxyl groups is 2. The first-order chi connectivity index (χ1) is 9.62. The number of ketones is 1. The molecule has 1 aromatic rings. The number of hydrogen-bond donors (Lipinski definition) is 3. The van der Waals surface area contributed by atoms with E-state index in [-0.39, 0.29) is 22.7 Å². The molecule has 1 heterocycles. The fraction of sp³-hybridized carbons (Fsp3) is 0.562. The van der Waals surface area contributed by atoms with Crippen LogP contribution in [0, 0.1) is 5.92 Å². The van der Waals surface area contributed by atoms with Crippen LogP contribution >= 0.6 is 0 Å². The maximum absolute atomic E-state index is 12.1. The topological polar surface area (TPSA) is 69.6 Å². The first-order valence-corrected chi connectivity index (χ1v) is 7.41. The minimum Gasteiger partial charge on any atom is -0.508 e. The molecular formula is C16H19NO3. The summed E-state index contributed by atoms with van der Waals surface area (Å²) in [7, 11) is 0. The molecule has 2 bridgehead atoms. The van der Waals surface area contributed by atoms with Crippen LogP contribution in [-0.2, 0) is 16.6 Å². The highest BCUT2D eigenvalue weighted by Gasteiger charge is 2.55. The third-order valence-electron chi connectivity index (χ3n) is 5.61. The lowest BCUT2D eigenvalue weighted by Crippen LogP contribution is -2.60. The Morgan fingerprint density at radius 2 is 2.05 bits per heavy atom. The molecule has 0 amide bonds. The second-order valence-corrected chi connectivity index (χ2v) is 6.49. The Morgan fingerprint density at radius 3 is 2.90 bits per heavy atom. The number of hydrogen-bond acceptors (Lipinski definition) is 4. The molecule has 0 unspecified atom stereocenters. The number of carbonyl (C=O) groups excluding carboxylic acids is 1. The van der Waals surface area contributed by atoms with E-state index in [0.717, 1.165) is 36.9 Å². The van der Waals surface area contributed by atoms with Gasteiger partial charge in [-0.1, -0.05) is 0 Å². The average molecular weight is 273 g/mol. The van der Waals surface area contributed by atoms with E-state index in [4.69, 9.17) is 0 Å². The minimum absolute atomic E-state index is 0.248. The molecule has 1 saturated heterocycles. The lowest BCUT2D eigenvalue weighted by molar-refractivity contribution is -0.125. The van der Waals surface area contributed by atoms with E-state index in [0.29, 0.717) is 24.8 Å². The molecule has 0 aromatic heterocycles. The van der Waals surface area contributed by atoms with Crippen LogP contribution in [0.5, 0.6) is 11.5 Å². The summed E-state index contributed by atoms with van der Waals surface area (Å²) in [5.74, 6) is 1.19. The zero-order valence-corrected chi connectivity index (χ0v) is 11.4. The van der Waals surface area contributed by atoms with Crippen molar-refractivity contribution in [3.05, 3.63) is 23.3 Å². The van der Waals surface area contributed by atoms with Crippen LogP contribution < -0.4 is 5.32 Å². The van der Waals surface area contributed by atoms with Crippen molar-refractivity contribution in [2.24, 2.45) is 5.92 Å². The van der Waals surface area contributed by atoms with Gasteiger partial charge in [-0.15, -0.1) is 0 Å². The Bertz CT molecular complexity index is 598. The van der Waals surface area contributed by atoms with Gasteiger partial charge < -0.3 is 15.5 Å². The molecule has 0 spiro atoms. The normalized spacial score (nSPS) is 35.3. The quantitative estimate of drug-likeness (QED) is 0.628. The van der Waals surface area contributed by atoms with E-state index in [9.17, 15) is 15.0 Å². The minimum atomic E-state index is -0.262. The SMILES string of the molecule is O=C1CC[C@H]2[C@H]3Cc4c(O)ccc(O)c4[C@@]2(CCN3)C1. The molecule has 4 nitrogen and oxygen atoms in total. The van der Waals surface area contributed by atoms with Crippen molar-refractivity contribution in [2.45, 2.75) is 43.6 Å². The number of carbonyl (C=O) groups is 1. The average Bonchev–Trinajstić information content (AvgIpc) is 2.41. The van der Waals surface area contributed by atoms with E-state index in [1.54, 1.807) is 12.1 Å². The predicted molar refractivity (Wildman–Crippen MR) is 73.9 cm³/mol. The van der Waals surface area contributed by atoms with E-state index in [1.165, 1.54) is 0 Å². The molecule has 4 rings (SSSR count). The lowest BCUT2D eigenvalue weighted by atomic mass is 9.52. The Morgan fingerprint density at radius 1 is 1.25 bits per heavy atom. The van der Waals surface area contributed by atoms with Crippen LogP contribution in [0.1, 0.15) is 36.8 Å². The van der Waals surface area contributed by atoms with Crippen LogP contribution in [0.25, 0.3) is 0 Å². The predicted octanol–water partition coefficient (Wildman–Crippen LogP) is 1.62. The highest BCUT2D eigenvalue weighted by molar-refractivity contribution is 5.82. The molecular weight excluding hydrogens is 254 g/mol. The molecule has 4 heteroatoms. The largest absolute Gasteiger partial charge is 0.508 e. The van der Waals surface area contributed by atoms with E-state index in [2.05, 4.69) is 5.32 Å². The number of phenolic OH excluding ortho intramolecular Hbond substituents is 2. The lowest BCUT2D eigenvalue weighted by Gasteiger charge is -2.55. The summed E-state index contributed by atoms with van der Waals surface area (Å²) in [5, 5.41) is 24.1. The first kappa shape index (κ1) is 12.2.